The Labute approximate surface area is 155 Å². The second-order valence-electron chi connectivity index (χ2n) is 6.66. The summed E-state index contributed by atoms with van der Waals surface area (Å²) in [6.07, 6.45) is 2.99. The molecule has 0 aliphatic carbocycles. The summed E-state index contributed by atoms with van der Waals surface area (Å²) in [6, 6.07) is 35.1. The van der Waals surface area contributed by atoms with E-state index in [0.29, 0.717) is 0 Å². The molecule has 0 bridgehead atoms. The molecule has 0 spiro atoms. The first kappa shape index (κ1) is 16.8. The van der Waals surface area contributed by atoms with Crippen LogP contribution in [-0.2, 0) is 13.2 Å². The SMILES string of the molecule is Cn1ccc(C[PH](c2ccccc2)(c2ccccc2)c2ccccc2)n1. The molecule has 1 heterocycles. The van der Waals surface area contributed by atoms with E-state index < -0.39 is 7.26 Å². The monoisotopic (exact) mass is 358 g/mol. The molecule has 0 saturated carbocycles. The van der Waals surface area contributed by atoms with E-state index in [1.165, 1.54) is 15.9 Å². The van der Waals surface area contributed by atoms with Crippen molar-refractivity contribution in [3.05, 3.63) is 109 Å². The van der Waals surface area contributed by atoms with Crippen molar-refractivity contribution < 1.29 is 0 Å². The standard InChI is InChI=1S/C23H23N2P/c1-25-18-17-20(24-25)19-26(21-11-5-2-6-12-21,22-13-7-3-8-14-22)23-15-9-4-10-16-23/h2-18,26H,19H2,1H3. The fourth-order valence-corrected chi connectivity index (χ4v) is 8.43. The van der Waals surface area contributed by atoms with Crippen LogP contribution >= 0.6 is 7.26 Å². The van der Waals surface area contributed by atoms with Crippen molar-refractivity contribution in [3.63, 3.8) is 0 Å². The van der Waals surface area contributed by atoms with Crippen LogP contribution in [0.25, 0.3) is 0 Å². The summed E-state index contributed by atoms with van der Waals surface area (Å²) in [6.45, 7) is 0. The average molecular weight is 358 g/mol. The third-order valence-electron chi connectivity index (χ3n) is 5.01. The first-order valence-electron chi connectivity index (χ1n) is 8.94. The Morgan fingerprint density at radius 1 is 0.654 bits per heavy atom. The van der Waals surface area contributed by atoms with Crippen LogP contribution in [0.5, 0.6) is 0 Å². The van der Waals surface area contributed by atoms with Crippen molar-refractivity contribution in [1.82, 2.24) is 9.78 Å². The number of benzene rings is 3. The number of hydrogen-bond donors (Lipinski definition) is 0. The molecule has 3 heteroatoms. The number of aryl methyl sites for hydroxylation is 1. The van der Waals surface area contributed by atoms with E-state index in [4.69, 9.17) is 5.10 Å². The van der Waals surface area contributed by atoms with Crippen LogP contribution in [0, 0.1) is 0 Å². The predicted octanol–water partition coefficient (Wildman–Crippen LogP) is 3.65. The Balaban J connectivity index is 2.00. The van der Waals surface area contributed by atoms with Gasteiger partial charge in [-0.25, -0.2) is 0 Å². The molecule has 0 amide bonds. The van der Waals surface area contributed by atoms with E-state index in [-0.39, 0.29) is 0 Å². The summed E-state index contributed by atoms with van der Waals surface area (Å²) in [7, 11) is -0.241. The molecular formula is C23H23N2P. The summed E-state index contributed by atoms with van der Waals surface area (Å²) in [5, 5.41) is 8.98. The van der Waals surface area contributed by atoms with E-state index >= 15 is 0 Å². The number of hydrogen-bond acceptors (Lipinski definition) is 1. The molecule has 0 unspecified atom stereocenters. The summed E-state index contributed by atoms with van der Waals surface area (Å²) >= 11 is 0. The molecule has 4 aromatic rings. The van der Waals surface area contributed by atoms with Gasteiger partial charge in [-0.3, -0.25) is 0 Å². The van der Waals surface area contributed by atoms with Crippen LogP contribution < -0.4 is 15.9 Å². The maximum absolute atomic E-state index is 4.72. The van der Waals surface area contributed by atoms with Crippen molar-refractivity contribution in [2.24, 2.45) is 7.05 Å². The van der Waals surface area contributed by atoms with Crippen LogP contribution in [0.1, 0.15) is 5.69 Å². The predicted molar refractivity (Wildman–Crippen MR) is 113 cm³/mol. The zero-order valence-electron chi connectivity index (χ0n) is 14.9. The van der Waals surface area contributed by atoms with Crippen LogP contribution in [-0.4, -0.2) is 9.78 Å². The maximum atomic E-state index is 4.72. The molecule has 3 aromatic carbocycles. The second kappa shape index (κ2) is 7.27. The Hall–Kier alpha value is -2.70. The van der Waals surface area contributed by atoms with Crippen LogP contribution in [0.15, 0.2) is 103 Å². The van der Waals surface area contributed by atoms with Crippen molar-refractivity contribution in [2.45, 2.75) is 6.16 Å². The normalized spacial score (nSPS) is 12.0. The van der Waals surface area contributed by atoms with Crippen molar-refractivity contribution in [1.29, 1.82) is 0 Å². The summed E-state index contributed by atoms with van der Waals surface area (Å²) in [5.74, 6) is 0. The quantitative estimate of drug-likeness (QED) is 0.498. The van der Waals surface area contributed by atoms with Crippen molar-refractivity contribution >= 4 is 23.2 Å². The van der Waals surface area contributed by atoms with Gasteiger partial charge in [0.2, 0.25) is 0 Å². The van der Waals surface area contributed by atoms with Gasteiger partial charge in [-0.15, -0.1) is 0 Å². The molecule has 0 fully saturated rings. The van der Waals surface area contributed by atoms with Gasteiger partial charge in [-0.1, -0.05) is 0 Å². The van der Waals surface area contributed by atoms with Crippen molar-refractivity contribution in [3.8, 4) is 0 Å². The third kappa shape index (κ3) is 3.09. The van der Waals surface area contributed by atoms with E-state index in [1.807, 2.05) is 17.9 Å². The van der Waals surface area contributed by atoms with Crippen molar-refractivity contribution in [2.75, 3.05) is 0 Å². The molecule has 0 saturated heterocycles. The first-order valence-corrected chi connectivity index (χ1v) is 11.1. The molecule has 2 nitrogen and oxygen atoms in total. The summed E-state index contributed by atoms with van der Waals surface area (Å²) in [4.78, 5) is 0. The van der Waals surface area contributed by atoms with Crippen LogP contribution in [0.4, 0.5) is 0 Å². The van der Waals surface area contributed by atoms with E-state index in [1.54, 1.807) is 0 Å². The summed E-state index contributed by atoms with van der Waals surface area (Å²) in [5.41, 5.74) is 1.15. The molecule has 130 valence electrons. The first-order chi connectivity index (χ1) is 12.8. The van der Waals surface area contributed by atoms with E-state index in [2.05, 4.69) is 97.1 Å². The second-order valence-corrected chi connectivity index (χ2v) is 10.6. The van der Waals surface area contributed by atoms with Gasteiger partial charge in [0.25, 0.3) is 0 Å². The molecule has 0 atom stereocenters. The minimum atomic E-state index is -2.23. The molecule has 0 aliphatic heterocycles. The van der Waals surface area contributed by atoms with Gasteiger partial charge in [0.15, 0.2) is 0 Å². The fourth-order valence-electron chi connectivity index (χ4n) is 3.80. The zero-order valence-corrected chi connectivity index (χ0v) is 15.9. The van der Waals surface area contributed by atoms with Gasteiger partial charge < -0.3 is 0 Å². The number of rotatable bonds is 5. The molecule has 1 aromatic heterocycles. The van der Waals surface area contributed by atoms with Gasteiger partial charge in [0.1, 0.15) is 0 Å². The van der Waals surface area contributed by atoms with E-state index in [9.17, 15) is 0 Å². The van der Waals surface area contributed by atoms with Crippen LogP contribution in [0.2, 0.25) is 0 Å². The molecule has 4 rings (SSSR count). The topological polar surface area (TPSA) is 17.8 Å². The molecule has 26 heavy (non-hydrogen) atoms. The minimum absolute atomic E-state index is 0.950. The van der Waals surface area contributed by atoms with Gasteiger partial charge in [-0.2, -0.15) is 0 Å². The Bertz CT molecular complexity index is 866. The van der Waals surface area contributed by atoms with Gasteiger partial charge in [0.05, 0.1) is 0 Å². The number of aromatic nitrogens is 2. The Morgan fingerprint density at radius 3 is 1.42 bits per heavy atom. The fraction of sp³-hybridized carbons (Fsp3) is 0.0870. The molecule has 0 aliphatic rings. The number of nitrogens with zero attached hydrogens (tertiary/aromatic N) is 2. The van der Waals surface area contributed by atoms with Gasteiger partial charge in [-0.05, 0) is 0 Å². The zero-order chi connectivity index (χ0) is 17.8. The molecular weight excluding hydrogens is 335 g/mol. The third-order valence-corrected chi connectivity index (χ3v) is 9.86. The Morgan fingerprint density at radius 2 is 1.08 bits per heavy atom. The Kier molecular flexibility index (Phi) is 4.69. The summed E-state index contributed by atoms with van der Waals surface area (Å²) < 4.78 is 1.90. The average Bonchev–Trinajstić information content (AvgIpc) is 3.13. The van der Waals surface area contributed by atoms with Crippen LogP contribution in [0.3, 0.4) is 0 Å². The molecule has 0 radical (unpaired) electrons. The molecule has 0 N–H and O–H groups in total. The van der Waals surface area contributed by atoms with Gasteiger partial charge in [0, 0.05) is 0 Å². The van der Waals surface area contributed by atoms with E-state index in [0.717, 1.165) is 11.9 Å². The van der Waals surface area contributed by atoms with Gasteiger partial charge >= 0.3 is 155 Å².